The van der Waals surface area contributed by atoms with Gasteiger partial charge in [0.05, 0.1) is 12.5 Å². The zero-order chi connectivity index (χ0) is 12.7. The number of hydrogen-bond acceptors (Lipinski definition) is 3. The van der Waals surface area contributed by atoms with Gasteiger partial charge in [-0.3, -0.25) is 4.79 Å². The highest BCUT2D eigenvalue weighted by atomic mass is 16.5. The molecule has 0 aromatic rings. The molecule has 2 unspecified atom stereocenters. The summed E-state index contributed by atoms with van der Waals surface area (Å²) in [4.78, 5) is 11.8. The van der Waals surface area contributed by atoms with Crippen molar-refractivity contribution in [2.45, 2.75) is 57.6 Å². The van der Waals surface area contributed by atoms with Crippen LogP contribution in [-0.4, -0.2) is 31.7 Å². The second kappa shape index (κ2) is 7.67. The zero-order valence-corrected chi connectivity index (χ0v) is 11.1. The molecule has 100 valence electrons. The summed E-state index contributed by atoms with van der Waals surface area (Å²) >= 11 is 0. The van der Waals surface area contributed by atoms with Crippen molar-refractivity contribution in [2.24, 2.45) is 11.7 Å². The van der Waals surface area contributed by atoms with E-state index in [9.17, 15) is 4.79 Å². The van der Waals surface area contributed by atoms with Crippen LogP contribution in [0.2, 0.25) is 0 Å². The van der Waals surface area contributed by atoms with Crippen LogP contribution in [0.3, 0.4) is 0 Å². The fraction of sp³-hybridized carbons (Fsp3) is 0.923. The summed E-state index contributed by atoms with van der Waals surface area (Å²) in [6, 6.07) is 0.276. The summed E-state index contributed by atoms with van der Waals surface area (Å²) < 4.78 is 5.11. The van der Waals surface area contributed by atoms with Crippen LogP contribution >= 0.6 is 0 Å². The highest BCUT2D eigenvalue weighted by Crippen LogP contribution is 2.26. The van der Waals surface area contributed by atoms with Crippen LogP contribution in [0, 0.1) is 5.92 Å². The van der Waals surface area contributed by atoms with Crippen molar-refractivity contribution < 1.29 is 9.53 Å². The van der Waals surface area contributed by atoms with Crippen molar-refractivity contribution in [1.82, 2.24) is 5.32 Å². The third-order valence-electron chi connectivity index (χ3n) is 3.75. The minimum absolute atomic E-state index is 0.0559. The van der Waals surface area contributed by atoms with Gasteiger partial charge in [-0.25, -0.2) is 0 Å². The van der Waals surface area contributed by atoms with Gasteiger partial charge in [0.25, 0.3) is 0 Å². The van der Waals surface area contributed by atoms with E-state index in [1.165, 1.54) is 32.1 Å². The molecule has 4 heteroatoms. The summed E-state index contributed by atoms with van der Waals surface area (Å²) in [5.74, 6) is 0.701. The Hall–Kier alpha value is -0.610. The Morgan fingerprint density at radius 3 is 2.59 bits per heavy atom. The highest BCUT2D eigenvalue weighted by Gasteiger charge is 2.22. The number of nitrogens with two attached hydrogens (primary N) is 1. The van der Waals surface area contributed by atoms with Crippen LogP contribution in [0.1, 0.15) is 45.4 Å². The summed E-state index contributed by atoms with van der Waals surface area (Å²) in [5, 5.41) is 3.07. The average Bonchev–Trinajstić information content (AvgIpc) is 2.37. The van der Waals surface area contributed by atoms with E-state index >= 15 is 0 Å². The molecule has 0 spiro atoms. The van der Waals surface area contributed by atoms with E-state index < -0.39 is 0 Å². The standard InChI is InChI=1S/C13H26N2O2/c1-10(11-6-4-3-5-7-11)15-13(16)8-12(9-14)17-2/h10-12H,3-9,14H2,1-2H3,(H,15,16). The van der Waals surface area contributed by atoms with Gasteiger partial charge in [0.2, 0.25) is 5.91 Å². The van der Waals surface area contributed by atoms with Gasteiger partial charge in [0, 0.05) is 19.7 Å². The largest absolute Gasteiger partial charge is 0.380 e. The summed E-state index contributed by atoms with van der Waals surface area (Å²) in [5.41, 5.74) is 5.50. The topological polar surface area (TPSA) is 64.3 Å². The number of carbonyl (C=O) groups excluding carboxylic acids is 1. The molecule has 0 bridgehead atoms. The molecule has 4 nitrogen and oxygen atoms in total. The molecule has 1 aliphatic rings. The number of ether oxygens (including phenoxy) is 1. The second-order valence-electron chi connectivity index (χ2n) is 5.05. The molecule has 3 N–H and O–H groups in total. The Kier molecular flexibility index (Phi) is 6.52. The Labute approximate surface area is 104 Å². The molecule has 2 atom stereocenters. The molecule has 0 radical (unpaired) electrons. The Balaban J connectivity index is 2.29. The Morgan fingerprint density at radius 2 is 2.06 bits per heavy atom. The maximum atomic E-state index is 11.8. The zero-order valence-electron chi connectivity index (χ0n) is 11.1. The molecule has 0 saturated heterocycles. The Bertz CT molecular complexity index is 223. The lowest BCUT2D eigenvalue weighted by atomic mass is 9.84. The van der Waals surface area contributed by atoms with Gasteiger partial charge in [-0.2, -0.15) is 0 Å². The van der Waals surface area contributed by atoms with Crippen LogP contribution in [0.5, 0.6) is 0 Å². The van der Waals surface area contributed by atoms with E-state index in [1.807, 2.05) is 0 Å². The van der Waals surface area contributed by atoms with Gasteiger partial charge in [0.15, 0.2) is 0 Å². The lowest BCUT2D eigenvalue weighted by Gasteiger charge is -2.28. The van der Waals surface area contributed by atoms with E-state index in [2.05, 4.69) is 12.2 Å². The fourth-order valence-electron chi connectivity index (χ4n) is 2.53. The van der Waals surface area contributed by atoms with Crippen molar-refractivity contribution in [3.63, 3.8) is 0 Å². The molecule has 0 aromatic heterocycles. The molecule has 1 rings (SSSR count). The van der Waals surface area contributed by atoms with E-state index in [1.54, 1.807) is 7.11 Å². The third-order valence-corrected chi connectivity index (χ3v) is 3.75. The van der Waals surface area contributed by atoms with Crippen LogP contribution < -0.4 is 11.1 Å². The first-order valence-corrected chi connectivity index (χ1v) is 6.69. The van der Waals surface area contributed by atoms with Crippen molar-refractivity contribution in [1.29, 1.82) is 0 Å². The van der Waals surface area contributed by atoms with Crippen molar-refractivity contribution in [3.8, 4) is 0 Å². The first-order chi connectivity index (χ1) is 8.17. The summed E-state index contributed by atoms with van der Waals surface area (Å²) in [6.07, 6.45) is 6.63. The quantitative estimate of drug-likeness (QED) is 0.740. The molecule has 1 fully saturated rings. The minimum Gasteiger partial charge on any atom is -0.380 e. The van der Waals surface area contributed by atoms with E-state index in [0.29, 0.717) is 18.9 Å². The SMILES string of the molecule is COC(CN)CC(=O)NC(C)C1CCCCC1. The maximum Gasteiger partial charge on any atom is 0.222 e. The third kappa shape index (κ3) is 5.04. The van der Waals surface area contributed by atoms with Crippen LogP contribution in [0.4, 0.5) is 0 Å². The predicted octanol–water partition coefficient (Wildman–Crippen LogP) is 1.44. The smallest absolute Gasteiger partial charge is 0.222 e. The molecule has 17 heavy (non-hydrogen) atoms. The Morgan fingerprint density at radius 1 is 1.41 bits per heavy atom. The molecule has 0 aromatic carbocycles. The maximum absolute atomic E-state index is 11.8. The number of methoxy groups -OCH3 is 1. The molecule has 0 aliphatic heterocycles. The van der Waals surface area contributed by atoms with Gasteiger partial charge in [0.1, 0.15) is 0 Å². The van der Waals surface area contributed by atoms with E-state index in [4.69, 9.17) is 10.5 Å². The van der Waals surface area contributed by atoms with Gasteiger partial charge < -0.3 is 15.8 Å². The lowest BCUT2D eigenvalue weighted by Crippen LogP contribution is -2.41. The van der Waals surface area contributed by atoms with E-state index in [0.717, 1.165) is 0 Å². The summed E-state index contributed by atoms with van der Waals surface area (Å²) in [7, 11) is 1.59. The average molecular weight is 242 g/mol. The molecule has 1 amide bonds. The van der Waals surface area contributed by atoms with Crippen LogP contribution in [0.25, 0.3) is 0 Å². The van der Waals surface area contributed by atoms with Crippen molar-refractivity contribution in [3.05, 3.63) is 0 Å². The van der Waals surface area contributed by atoms with Gasteiger partial charge in [-0.05, 0) is 25.7 Å². The molecular formula is C13H26N2O2. The van der Waals surface area contributed by atoms with Gasteiger partial charge >= 0.3 is 0 Å². The highest BCUT2D eigenvalue weighted by molar-refractivity contribution is 5.76. The lowest BCUT2D eigenvalue weighted by molar-refractivity contribution is -0.124. The number of hydrogen-bond donors (Lipinski definition) is 2. The van der Waals surface area contributed by atoms with Gasteiger partial charge in [-0.1, -0.05) is 19.3 Å². The van der Waals surface area contributed by atoms with E-state index in [-0.39, 0.29) is 18.1 Å². The molecule has 1 saturated carbocycles. The minimum atomic E-state index is -0.159. The first kappa shape index (κ1) is 14.5. The number of carbonyl (C=O) groups is 1. The molecule has 0 heterocycles. The van der Waals surface area contributed by atoms with Crippen LogP contribution in [0.15, 0.2) is 0 Å². The first-order valence-electron chi connectivity index (χ1n) is 6.69. The van der Waals surface area contributed by atoms with Crippen molar-refractivity contribution in [2.75, 3.05) is 13.7 Å². The van der Waals surface area contributed by atoms with Gasteiger partial charge in [-0.15, -0.1) is 0 Å². The molecule has 1 aliphatic carbocycles. The fourth-order valence-corrected chi connectivity index (χ4v) is 2.53. The summed E-state index contributed by atoms with van der Waals surface area (Å²) in [6.45, 7) is 2.50. The van der Waals surface area contributed by atoms with Crippen molar-refractivity contribution >= 4 is 5.91 Å². The number of nitrogens with one attached hydrogen (secondary N) is 1. The van der Waals surface area contributed by atoms with Crippen LogP contribution in [-0.2, 0) is 9.53 Å². The second-order valence-corrected chi connectivity index (χ2v) is 5.05. The number of rotatable bonds is 6. The predicted molar refractivity (Wildman–Crippen MR) is 68.6 cm³/mol. The molecular weight excluding hydrogens is 216 g/mol. The number of amides is 1. The monoisotopic (exact) mass is 242 g/mol. The normalized spacial score (nSPS) is 20.9.